The second-order valence-electron chi connectivity index (χ2n) is 4.41. The molecule has 0 unspecified atom stereocenters. The number of carbonyl (C=O) groups is 1. The van der Waals surface area contributed by atoms with E-state index in [1.54, 1.807) is 6.07 Å². The first-order valence-corrected chi connectivity index (χ1v) is 6.04. The molecule has 2 rings (SSSR count). The second kappa shape index (κ2) is 5.25. The molecule has 1 aliphatic rings. The van der Waals surface area contributed by atoms with Gasteiger partial charge in [-0.15, -0.1) is 0 Å². The number of ether oxygens (including phenoxy) is 1. The molecule has 1 aliphatic heterocycles. The number of anilines is 1. The maximum absolute atomic E-state index is 13.3. The highest BCUT2D eigenvalue weighted by molar-refractivity contribution is 5.69. The molecule has 0 saturated heterocycles. The van der Waals surface area contributed by atoms with Crippen molar-refractivity contribution in [1.29, 1.82) is 0 Å². The SMILES string of the molecule is CC[C@@H]1C[C@H](NC(=O)OC)c2cc(F)ccc2N1. The molecular formula is C13H17FN2O2. The summed E-state index contributed by atoms with van der Waals surface area (Å²) in [5.74, 6) is -0.304. The first-order chi connectivity index (χ1) is 8.63. The summed E-state index contributed by atoms with van der Waals surface area (Å²) in [5.41, 5.74) is 1.64. The third kappa shape index (κ3) is 2.55. The summed E-state index contributed by atoms with van der Waals surface area (Å²) >= 11 is 0. The molecule has 18 heavy (non-hydrogen) atoms. The van der Waals surface area contributed by atoms with Gasteiger partial charge in [0.1, 0.15) is 5.82 Å². The number of methoxy groups -OCH3 is 1. The van der Waals surface area contributed by atoms with Gasteiger partial charge in [0, 0.05) is 17.3 Å². The summed E-state index contributed by atoms with van der Waals surface area (Å²) in [5, 5.41) is 6.08. The molecular weight excluding hydrogens is 235 g/mol. The van der Waals surface area contributed by atoms with E-state index in [1.807, 2.05) is 0 Å². The Bertz CT molecular complexity index is 451. The lowest BCUT2D eigenvalue weighted by Gasteiger charge is -2.32. The van der Waals surface area contributed by atoms with Crippen LogP contribution >= 0.6 is 0 Å². The monoisotopic (exact) mass is 252 g/mol. The zero-order chi connectivity index (χ0) is 13.1. The molecule has 0 saturated carbocycles. The topological polar surface area (TPSA) is 50.4 Å². The molecule has 0 spiro atoms. The summed E-state index contributed by atoms with van der Waals surface area (Å²) in [6.45, 7) is 2.07. The van der Waals surface area contributed by atoms with Crippen LogP contribution in [0.5, 0.6) is 0 Å². The van der Waals surface area contributed by atoms with Crippen LogP contribution in [0.4, 0.5) is 14.9 Å². The Morgan fingerprint density at radius 2 is 2.39 bits per heavy atom. The van der Waals surface area contributed by atoms with Crippen LogP contribution in [-0.4, -0.2) is 19.2 Å². The molecule has 2 atom stereocenters. The first kappa shape index (κ1) is 12.7. The number of alkyl carbamates (subject to hydrolysis) is 1. The lowest BCUT2D eigenvalue weighted by molar-refractivity contribution is 0.165. The van der Waals surface area contributed by atoms with Crippen LogP contribution in [0.2, 0.25) is 0 Å². The number of nitrogens with one attached hydrogen (secondary N) is 2. The Hall–Kier alpha value is -1.78. The third-order valence-electron chi connectivity index (χ3n) is 3.24. The number of halogens is 1. The molecule has 1 aromatic carbocycles. The van der Waals surface area contributed by atoms with Crippen molar-refractivity contribution in [3.05, 3.63) is 29.6 Å². The molecule has 4 nitrogen and oxygen atoms in total. The van der Waals surface area contributed by atoms with Gasteiger partial charge in [-0.25, -0.2) is 9.18 Å². The highest BCUT2D eigenvalue weighted by atomic mass is 19.1. The van der Waals surface area contributed by atoms with Crippen LogP contribution in [-0.2, 0) is 4.74 Å². The largest absolute Gasteiger partial charge is 0.453 e. The van der Waals surface area contributed by atoms with Crippen LogP contribution < -0.4 is 10.6 Å². The van der Waals surface area contributed by atoms with E-state index in [0.29, 0.717) is 0 Å². The molecule has 0 bridgehead atoms. The van der Waals surface area contributed by atoms with E-state index in [0.717, 1.165) is 24.1 Å². The fraction of sp³-hybridized carbons (Fsp3) is 0.462. The number of benzene rings is 1. The number of hydrogen-bond donors (Lipinski definition) is 2. The van der Waals surface area contributed by atoms with E-state index in [2.05, 4.69) is 22.3 Å². The fourth-order valence-corrected chi connectivity index (χ4v) is 2.25. The van der Waals surface area contributed by atoms with Crippen LogP contribution in [0.3, 0.4) is 0 Å². The van der Waals surface area contributed by atoms with Gasteiger partial charge in [0.25, 0.3) is 0 Å². The molecule has 5 heteroatoms. The van der Waals surface area contributed by atoms with Gasteiger partial charge >= 0.3 is 6.09 Å². The van der Waals surface area contributed by atoms with Crippen LogP contribution in [0.25, 0.3) is 0 Å². The zero-order valence-corrected chi connectivity index (χ0v) is 10.5. The van der Waals surface area contributed by atoms with Crippen molar-refractivity contribution in [3.8, 4) is 0 Å². The predicted octanol–water partition coefficient (Wildman–Crippen LogP) is 2.82. The minimum atomic E-state index is -0.494. The van der Waals surface area contributed by atoms with Crippen molar-refractivity contribution < 1.29 is 13.9 Å². The first-order valence-electron chi connectivity index (χ1n) is 6.04. The maximum Gasteiger partial charge on any atom is 0.407 e. The van der Waals surface area contributed by atoms with Gasteiger partial charge in [-0.1, -0.05) is 6.92 Å². The van der Waals surface area contributed by atoms with Crippen molar-refractivity contribution in [2.75, 3.05) is 12.4 Å². The van der Waals surface area contributed by atoms with E-state index in [-0.39, 0.29) is 17.9 Å². The lowest BCUT2D eigenvalue weighted by Crippen LogP contribution is -2.37. The Labute approximate surface area is 106 Å². The normalized spacial score (nSPS) is 21.7. The Morgan fingerprint density at radius 1 is 1.61 bits per heavy atom. The maximum atomic E-state index is 13.3. The molecule has 98 valence electrons. The number of rotatable bonds is 2. The fourth-order valence-electron chi connectivity index (χ4n) is 2.25. The summed E-state index contributed by atoms with van der Waals surface area (Å²) < 4.78 is 17.9. The summed E-state index contributed by atoms with van der Waals surface area (Å²) in [4.78, 5) is 11.3. The van der Waals surface area contributed by atoms with Crippen LogP contribution in [0.15, 0.2) is 18.2 Å². The number of hydrogen-bond acceptors (Lipinski definition) is 3. The smallest absolute Gasteiger partial charge is 0.407 e. The van der Waals surface area contributed by atoms with E-state index in [4.69, 9.17) is 0 Å². The average Bonchev–Trinajstić information content (AvgIpc) is 2.38. The zero-order valence-electron chi connectivity index (χ0n) is 10.5. The van der Waals surface area contributed by atoms with Crippen molar-refractivity contribution in [1.82, 2.24) is 5.32 Å². The molecule has 1 heterocycles. The minimum Gasteiger partial charge on any atom is -0.453 e. The van der Waals surface area contributed by atoms with E-state index in [1.165, 1.54) is 19.2 Å². The summed E-state index contributed by atoms with van der Waals surface area (Å²) in [6.07, 6.45) is 1.17. The third-order valence-corrected chi connectivity index (χ3v) is 3.24. The van der Waals surface area contributed by atoms with Crippen LogP contribution in [0.1, 0.15) is 31.4 Å². The van der Waals surface area contributed by atoms with Gasteiger partial charge in [0.05, 0.1) is 13.2 Å². The van der Waals surface area contributed by atoms with E-state index >= 15 is 0 Å². The average molecular weight is 252 g/mol. The molecule has 2 N–H and O–H groups in total. The quantitative estimate of drug-likeness (QED) is 0.851. The summed E-state index contributed by atoms with van der Waals surface area (Å²) in [7, 11) is 1.32. The molecule has 0 fully saturated rings. The second-order valence-corrected chi connectivity index (χ2v) is 4.41. The van der Waals surface area contributed by atoms with Gasteiger partial charge in [-0.2, -0.15) is 0 Å². The van der Waals surface area contributed by atoms with Crippen molar-refractivity contribution in [3.63, 3.8) is 0 Å². The van der Waals surface area contributed by atoms with Gasteiger partial charge in [-0.05, 0) is 31.0 Å². The predicted molar refractivity (Wildman–Crippen MR) is 67.0 cm³/mol. The Morgan fingerprint density at radius 3 is 3.06 bits per heavy atom. The molecule has 0 aromatic heterocycles. The van der Waals surface area contributed by atoms with Gasteiger partial charge in [-0.3, -0.25) is 0 Å². The molecule has 1 aromatic rings. The number of fused-ring (bicyclic) bond motifs is 1. The molecule has 0 radical (unpaired) electrons. The Kier molecular flexibility index (Phi) is 3.69. The van der Waals surface area contributed by atoms with E-state index in [9.17, 15) is 9.18 Å². The van der Waals surface area contributed by atoms with Gasteiger partial charge < -0.3 is 15.4 Å². The molecule has 1 amide bonds. The summed E-state index contributed by atoms with van der Waals surface area (Å²) in [6, 6.07) is 4.63. The van der Waals surface area contributed by atoms with Gasteiger partial charge in [0.15, 0.2) is 0 Å². The Balaban J connectivity index is 2.28. The standard InChI is InChI=1S/C13H17FN2O2/c1-3-9-7-12(16-13(17)18-2)10-6-8(14)4-5-11(10)15-9/h4-6,9,12,15H,3,7H2,1-2H3,(H,16,17)/t9-,12+/m1/s1. The van der Waals surface area contributed by atoms with Gasteiger partial charge in [0.2, 0.25) is 0 Å². The van der Waals surface area contributed by atoms with Crippen molar-refractivity contribution in [2.45, 2.75) is 31.8 Å². The minimum absolute atomic E-state index is 0.214. The molecule has 0 aliphatic carbocycles. The van der Waals surface area contributed by atoms with Crippen molar-refractivity contribution >= 4 is 11.8 Å². The van der Waals surface area contributed by atoms with E-state index < -0.39 is 6.09 Å². The van der Waals surface area contributed by atoms with Crippen LogP contribution in [0, 0.1) is 5.82 Å². The van der Waals surface area contributed by atoms with Crippen molar-refractivity contribution in [2.24, 2.45) is 0 Å². The lowest BCUT2D eigenvalue weighted by atomic mass is 9.92. The number of amides is 1. The highest BCUT2D eigenvalue weighted by Crippen LogP contribution is 2.34. The number of carbonyl (C=O) groups excluding carboxylic acids is 1. The highest BCUT2D eigenvalue weighted by Gasteiger charge is 2.27.